The molecule has 0 radical (unpaired) electrons. The van der Waals surface area contributed by atoms with Crippen LogP contribution in [0, 0.1) is 17.3 Å². The van der Waals surface area contributed by atoms with Gasteiger partial charge in [-0.25, -0.2) is 18.6 Å². The quantitative estimate of drug-likeness (QED) is 0.0692. The van der Waals surface area contributed by atoms with E-state index in [1.165, 1.54) is 13.0 Å². The highest BCUT2D eigenvalue weighted by atomic mass is 19.4. The van der Waals surface area contributed by atoms with Crippen LogP contribution in [0.15, 0.2) is 70.7 Å². The molecule has 1 aromatic heterocycles. The van der Waals surface area contributed by atoms with Gasteiger partial charge in [0.05, 0.1) is 36.0 Å². The van der Waals surface area contributed by atoms with Gasteiger partial charge in [-0.2, -0.15) is 13.2 Å². The van der Waals surface area contributed by atoms with E-state index < -0.39 is 84.6 Å². The fourth-order valence-electron chi connectivity index (χ4n) is 9.14. The molecule has 4 fully saturated rings. The molecule has 2 unspecified atom stereocenters. The summed E-state index contributed by atoms with van der Waals surface area (Å²) in [6.07, 6.45) is -7.68. The highest BCUT2D eigenvalue weighted by molar-refractivity contribution is 6.48. The first-order valence-electron chi connectivity index (χ1n) is 18.6. The van der Waals surface area contributed by atoms with Gasteiger partial charge in [0.15, 0.2) is 0 Å². The van der Waals surface area contributed by atoms with E-state index in [1.807, 2.05) is 6.92 Å². The second kappa shape index (κ2) is 14.7. The molecule has 2 bridgehead atoms. The number of carbonyl (C=O) groups is 2. The Labute approximate surface area is 324 Å². The first-order chi connectivity index (χ1) is 26.9. The number of hydrogen-bond donors (Lipinski definition) is 1. The van der Waals surface area contributed by atoms with E-state index in [1.54, 1.807) is 30.3 Å². The molecule has 5 aliphatic rings. The molecule has 13 nitrogen and oxygen atoms in total. The minimum atomic E-state index is -4.71. The monoisotopic (exact) mass is 797 g/mol. The molecule has 2 amide bonds. The third-order valence-corrected chi connectivity index (χ3v) is 12.3. The van der Waals surface area contributed by atoms with Crippen LogP contribution >= 0.6 is 0 Å². The van der Waals surface area contributed by atoms with Crippen LogP contribution in [0.25, 0.3) is 10.4 Å². The number of azide groups is 1. The zero-order valence-corrected chi connectivity index (χ0v) is 31.6. The van der Waals surface area contributed by atoms with Crippen molar-refractivity contribution in [3.63, 3.8) is 0 Å². The molecule has 1 N–H and O–H groups in total. The fraction of sp³-hybridized carbons (Fsp3) is 0.526. The van der Waals surface area contributed by atoms with Crippen LogP contribution in [0.1, 0.15) is 81.9 Å². The number of benzene rings is 2. The molecule has 7 atom stereocenters. The van der Waals surface area contributed by atoms with Gasteiger partial charge < -0.3 is 19.4 Å². The number of nitrogens with one attached hydrogen (secondary N) is 1. The van der Waals surface area contributed by atoms with Crippen LogP contribution in [0.2, 0.25) is 0 Å². The summed E-state index contributed by atoms with van der Waals surface area (Å²) in [6, 6.07) is 11.2. The Balaban J connectivity index is 1.23. The summed E-state index contributed by atoms with van der Waals surface area (Å²) in [7, 11) is -1.24. The van der Waals surface area contributed by atoms with Gasteiger partial charge in [-0.15, -0.1) is 0 Å². The Morgan fingerprint density at radius 2 is 1.84 bits per heavy atom. The van der Waals surface area contributed by atoms with E-state index in [9.17, 15) is 41.9 Å². The number of hydrogen-bond acceptors (Lipinski definition) is 8. The SMILES string of the molecule is CC1(N=[N+]=[N-])C[C@@H](C(=O)NC(CC(F)F)B2O[C@@H]3C[C@@H]4C[C@@H](C4(C)C)[C@]3(C)O2)n2c1ncc(N(Cc1cccc(C(F)(F)F)c1)C(=O)OCc1ccccc1)c2=O. The number of halogens is 5. The van der Waals surface area contributed by atoms with Crippen LogP contribution in [0.5, 0.6) is 0 Å². The minimum Gasteiger partial charge on any atom is -0.444 e. The molecule has 1 saturated heterocycles. The Morgan fingerprint density at radius 1 is 1.12 bits per heavy atom. The second-order valence-corrected chi connectivity index (χ2v) is 16.2. The van der Waals surface area contributed by atoms with Crippen molar-refractivity contribution < 1.29 is 45.6 Å². The van der Waals surface area contributed by atoms with Gasteiger partial charge in [0, 0.05) is 11.3 Å². The third kappa shape index (κ3) is 7.36. The average Bonchev–Trinajstić information content (AvgIpc) is 3.67. The molecule has 57 heavy (non-hydrogen) atoms. The van der Waals surface area contributed by atoms with Crippen molar-refractivity contribution in [3.05, 3.63) is 104 Å². The normalized spacial score (nSPS) is 27.4. The lowest BCUT2D eigenvalue weighted by molar-refractivity contribution is -0.199. The summed E-state index contributed by atoms with van der Waals surface area (Å²) in [4.78, 5) is 50.6. The van der Waals surface area contributed by atoms with Gasteiger partial charge in [-0.1, -0.05) is 61.4 Å². The van der Waals surface area contributed by atoms with E-state index in [2.05, 4.69) is 34.2 Å². The molecule has 3 saturated carbocycles. The zero-order chi connectivity index (χ0) is 41.1. The van der Waals surface area contributed by atoms with E-state index >= 15 is 0 Å². The molecule has 8 rings (SSSR count). The lowest BCUT2D eigenvalue weighted by Gasteiger charge is -2.64. The van der Waals surface area contributed by atoms with Crippen molar-refractivity contribution >= 4 is 24.8 Å². The minimum absolute atomic E-state index is 0.0128. The number of carbonyl (C=O) groups excluding carboxylic acids is 2. The molecule has 3 heterocycles. The maximum atomic E-state index is 14.5. The highest BCUT2D eigenvalue weighted by Gasteiger charge is 2.68. The van der Waals surface area contributed by atoms with Crippen LogP contribution in [0.4, 0.5) is 32.4 Å². The number of anilines is 1. The molecule has 3 aliphatic carbocycles. The van der Waals surface area contributed by atoms with E-state index in [4.69, 9.17) is 14.0 Å². The van der Waals surface area contributed by atoms with Gasteiger partial charge in [0.1, 0.15) is 29.7 Å². The molecule has 302 valence electrons. The lowest BCUT2D eigenvalue weighted by Crippen LogP contribution is -2.65. The maximum Gasteiger partial charge on any atom is 0.481 e. The maximum absolute atomic E-state index is 14.5. The van der Waals surface area contributed by atoms with Crippen molar-refractivity contribution in [2.45, 2.75) is 108 Å². The number of nitrogens with zero attached hydrogens (tertiary/aromatic N) is 6. The smallest absolute Gasteiger partial charge is 0.444 e. The topological polar surface area (TPSA) is 161 Å². The Bertz CT molecular complexity index is 2150. The summed E-state index contributed by atoms with van der Waals surface area (Å²) >= 11 is 0. The molecule has 19 heteroatoms. The van der Waals surface area contributed by atoms with Gasteiger partial charge in [0.25, 0.3) is 5.56 Å². The predicted molar refractivity (Wildman–Crippen MR) is 196 cm³/mol. The summed E-state index contributed by atoms with van der Waals surface area (Å²) in [5.41, 5.74) is 5.17. The molecule has 0 spiro atoms. The number of aromatic nitrogens is 2. The van der Waals surface area contributed by atoms with Crippen molar-refractivity contribution in [1.82, 2.24) is 14.9 Å². The average molecular weight is 798 g/mol. The van der Waals surface area contributed by atoms with Gasteiger partial charge >= 0.3 is 19.4 Å². The summed E-state index contributed by atoms with van der Waals surface area (Å²) in [5, 5.41) is 6.45. The summed E-state index contributed by atoms with van der Waals surface area (Å²) in [5.74, 6) is -1.95. The van der Waals surface area contributed by atoms with Crippen molar-refractivity contribution in [1.29, 1.82) is 0 Å². The van der Waals surface area contributed by atoms with E-state index in [0.717, 1.165) is 40.3 Å². The molecule has 2 aliphatic heterocycles. The fourth-order valence-corrected chi connectivity index (χ4v) is 9.14. The second-order valence-electron chi connectivity index (χ2n) is 16.2. The van der Waals surface area contributed by atoms with Crippen molar-refractivity contribution in [2.24, 2.45) is 22.4 Å². The molecule has 3 aromatic rings. The summed E-state index contributed by atoms with van der Waals surface area (Å²) in [6.45, 7) is 6.79. The Hall–Kier alpha value is -5.00. The van der Waals surface area contributed by atoms with Crippen molar-refractivity contribution in [3.8, 4) is 0 Å². The lowest BCUT2D eigenvalue weighted by atomic mass is 9.43. The zero-order valence-electron chi connectivity index (χ0n) is 31.6. The van der Waals surface area contributed by atoms with Gasteiger partial charge in [0.2, 0.25) is 12.3 Å². The number of rotatable bonds is 11. The third-order valence-electron chi connectivity index (χ3n) is 12.3. The predicted octanol–water partition coefficient (Wildman–Crippen LogP) is 7.48. The van der Waals surface area contributed by atoms with E-state index in [-0.39, 0.29) is 41.9 Å². The number of fused-ring (bicyclic) bond motifs is 1. The first kappa shape index (κ1) is 40.2. The van der Waals surface area contributed by atoms with Gasteiger partial charge in [-0.3, -0.25) is 19.1 Å². The van der Waals surface area contributed by atoms with Crippen molar-refractivity contribution in [2.75, 3.05) is 4.90 Å². The molecular formula is C38H41BF5N7O6. The van der Waals surface area contributed by atoms with Crippen LogP contribution in [0.3, 0.4) is 0 Å². The molecule has 2 aromatic carbocycles. The van der Waals surface area contributed by atoms with E-state index in [0.29, 0.717) is 17.9 Å². The van der Waals surface area contributed by atoms with Crippen LogP contribution < -0.4 is 15.8 Å². The van der Waals surface area contributed by atoms with Crippen LogP contribution in [-0.4, -0.2) is 52.7 Å². The van der Waals surface area contributed by atoms with Crippen LogP contribution in [-0.2, 0) is 43.7 Å². The largest absolute Gasteiger partial charge is 0.481 e. The Morgan fingerprint density at radius 3 is 2.51 bits per heavy atom. The highest BCUT2D eigenvalue weighted by Crippen LogP contribution is 2.65. The number of ether oxygens (including phenoxy) is 1. The van der Waals surface area contributed by atoms with Gasteiger partial charge in [-0.05, 0) is 79.2 Å². The number of alkyl halides is 5. The summed E-state index contributed by atoms with van der Waals surface area (Å²) < 4.78 is 88.3. The molecular weight excluding hydrogens is 756 g/mol. The first-order valence-corrected chi connectivity index (χ1v) is 18.6. The standard InChI is InChI=1S/C38H41BF5N7O6/c1-35(2)24-14-27(35)37(4)28(15-24)56-39(57-37)29(16-30(40)41)47-31(52)25-17-36(3,48-49-45)33-46-18-26(32(53)51(25)33)50(34(54)55-20-21-9-6-5-7-10-21)19-22-11-8-12-23(13-22)38(42,43)44/h5-13,18,24-25,27-30H,14-17,19-20H2,1-4H3,(H,47,52)/t24-,25-,27-,28+,29?,36?,37-/m0/s1. The number of amides is 2. The Kier molecular flexibility index (Phi) is 10.4.